The normalized spacial score (nSPS) is 11.7. The number of hydrogen-bond acceptors (Lipinski definition) is 3. The fourth-order valence-electron chi connectivity index (χ4n) is 2.65. The van der Waals surface area contributed by atoms with Crippen LogP contribution in [-0.2, 0) is 19.8 Å². The Morgan fingerprint density at radius 1 is 1.14 bits per heavy atom. The predicted molar refractivity (Wildman–Crippen MR) is 98.5 cm³/mol. The minimum Gasteiger partial charge on any atom is -0.454 e. The minimum atomic E-state index is -4.52. The third-order valence-corrected chi connectivity index (χ3v) is 4.27. The number of aryl methyl sites for hydroxylation is 1. The molecule has 2 aromatic carbocycles. The summed E-state index contributed by atoms with van der Waals surface area (Å²) >= 11 is 5.93. The van der Waals surface area contributed by atoms with E-state index in [4.69, 9.17) is 16.3 Å². The van der Waals surface area contributed by atoms with Gasteiger partial charge >= 0.3 is 6.18 Å². The molecule has 10 heteroatoms. The second kappa shape index (κ2) is 8.28. The lowest BCUT2D eigenvalue weighted by Crippen LogP contribution is -2.05. The van der Waals surface area contributed by atoms with Crippen LogP contribution in [0.3, 0.4) is 0 Å². The molecular formula is C19H15ClF5N3O. The summed E-state index contributed by atoms with van der Waals surface area (Å²) in [6.07, 6.45) is -5.76. The second-order valence-corrected chi connectivity index (χ2v) is 6.52. The van der Waals surface area contributed by atoms with Crippen LogP contribution in [0.1, 0.15) is 23.2 Å². The van der Waals surface area contributed by atoms with E-state index >= 15 is 0 Å². The van der Waals surface area contributed by atoms with Crippen molar-refractivity contribution in [3.63, 3.8) is 0 Å². The molecule has 1 aromatic heterocycles. The van der Waals surface area contributed by atoms with E-state index in [0.717, 1.165) is 18.2 Å². The van der Waals surface area contributed by atoms with Gasteiger partial charge in [-0.3, -0.25) is 4.68 Å². The van der Waals surface area contributed by atoms with Crippen LogP contribution in [0, 0.1) is 0 Å². The highest BCUT2D eigenvalue weighted by Crippen LogP contribution is 2.38. The number of alkyl halides is 5. The molecular weight excluding hydrogens is 417 g/mol. The second-order valence-electron chi connectivity index (χ2n) is 6.11. The molecule has 0 saturated carbocycles. The summed E-state index contributed by atoms with van der Waals surface area (Å²) in [6, 6.07) is 9.34. The molecule has 0 aliphatic rings. The summed E-state index contributed by atoms with van der Waals surface area (Å²) in [5, 5.41) is 6.51. The van der Waals surface area contributed by atoms with Gasteiger partial charge in [-0.1, -0.05) is 23.7 Å². The van der Waals surface area contributed by atoms with Crippen LogP contribution in [0.25, 0.3) is 0 Å². The van der Waals surface area contributed by atoms with E-state index in [1.807, 2.05) is 0 Å². The van der Waals surface area contributed by atoms with E-state index in [1.54, 1.807) is 31.3 Å². The highest BCUT2D eigenvalue weighted by atomic mass is 35.5. The van der Waals surface area contributed by atoms with Crippen molar-refractivity contribution in [1.82, 2.24) is 9.78 Å². The fourth-order valence-corrected chi connectivity index (χ4v) is 2.86. The number of ether oxygens (including phenoxy) is 1. The Morgan fingerprint density at radius 3 is 2.52 bits per heavy atom. The Kier molecular flexibility index (Phi) is 5.97. The smallest absolute Gasteiger partial charge is 0.416 e. The average Bonchev–Trinajstić information content (AvgIpc) is 3.03. The molecule has 0 aliphatic carbocycles. The van der Waals surface area contributed by atoms with Gasteiger partial charge in [0.05, 0.1) is 16.3 Å². The Labute approximate surface area is 167 Å². The summed E-state index contributed by atoms with van der Waals surface area (Å²) in [7, 11) is 1.54. The van der Waals surface area contributed by atoms with E-state index in [0.29, 0.717) is 11.3 Å². The Balaban J connectivity index is 1.80. The first-order valence-corrected chi connectivity index (χ1v) is 8.71. The molecule has 0 amide bonds. The van der Waals surface area contributed by atoms with Gasteiger partial charge in [-0.15, -0.1) is 0 Å². The maximum Gasteiger partial charge on any atom is 0.416 e. The topological polar surface area (TPSA) is 39.1 Å². The van der Waals surface area contributed by atoms with E-state index in [2.05, 4.69) is 10.4 Å². The van der Waals surface area contributed by atoms with Crippen LogP contribution in [0.2, 0.25) is 5.02 Å². The van der Waals surface area contributed by atoms with Crippen molar-refractivity contribution < 1.29 is 26.7 Å². The van der Waals surface area contributed by atoms with Crippen LogP contribution < -0.4 is 10.1 Å². The molecule has 0 aliphatic heterocycles. The third kappa shape index (κ3) is 4.97. The Morgan fingerprint density at radius 2 is 1.86 bits per heavy atom. The molecule has 0 saturated heterocycles. The number of para-hydroxylation sites is 2. The van der Waals surface area contributed by atoms with Gasteiger partial charge in [-0.2, -0.15) is 18.3 Å². The van der Waals surface area contributed by atoms with Gasteiger partial charge in [0.2, 0.25) is 0 Å². The SMILES string of the molecule is Cn1cc(CNc2ccccc2Oc2ccc(C(F)(F)F)cc2Cl)c(C(F)F)n1. The maximum atomic E-state index is 13.1. The van der Waals surface area contributed by atoms with Crippen LogP contribution in [0.4, 0.5) is 27.6 Å². The van der Waals surface area contributed by atoms with Crippen molar-refractivity contribution in [1.29, 1.82) is 0 Å². The molecule has 0 radical (unpaired) electrons. The number of aromatic nitrogens is 2. The quantitative estimate of drug-likeness (QED) is 0.457. The molecule has 1 heterocycles. The monoisotopic (exact) mass is 431 g/mol. The number of nitrogens with zero attached hydrogens (tertiary/aromatic N) is 2. The van der Waals surface area contributed by atoms with E-state index in [9.17, 15) is 22.0 Å². The number of anilines is 1. The number of rotatable bonds is 6. The zero-order valence-electron chi connectivity index (χ0n) is 15.0. The van der Waals surface area contributed by atoms with Crippen LogP contribution in [0.5, 0.6) is 11.5 Å². The summed E-state index contributed by atoms with van der Waals surface area (Å²) in [4.78, 5) is 0. The molecule has 3 rings (SSSR count). The molecule has 1 N–H and O–H groups in total. The van der Waals surface area contributed by atoms with Gasteiger partial charge in [0.15, 0.2) is 5.75 Å². The van der Waals surface area contributed by atoms with E-state index < -0.39 is 18.2 Å². The molecule has 3 aromatic rings. The first-order chi connectivity index (χ1) is 13.6. The lowest BCUT2D eigenvalue weighted by Gasteiger charge is -2.15. The number of hydrogen-bond donors (Lipinski definition) is 1. The van der Waals surface area contributed by atoms with Gasteiger partial charge in [-0.05, 0) is 30.3 Å². The predicted octanol–water partition coefficient (Wildman–Crippen LogP) is 6.43. The van der Waals surface area contributed by atoms with Crippen LogP contribution >= 0.6 is 11.6 Å². The van der Waals surface area contributed by atoms with Gasteiger partial charge in [0.25, 0.3) is 6.43 Å². The van der Waals surface area contributed by atoms with Crippen molar-refractivity contribution in [3.05, 3.63) is 70.5 Å². The summed E-state index contributed by atoms with van der Waals surface area (Å²) in [5.74, 6) is 0.306. The van der Waals surface area contributed by atoms with Crippen LogP contribution in [0.15, 0.2) is 48.7 Å². The summed E-state index contributed by atoms with van der Waals surface area (Å²) in [6.45, 7) is 0.0502. The van der Waals surface area contributed by atoms with Crippen molar-refractivity contribution in [2.45, 2.75) is 19.1 Å². The first-order valence-electron chi connectivity index (χ1n) is 8.33. The molecule has 0 unspecified atom stereocenters. The number of benzene rings is 2. The summed E-state index contributed by atoms with van der Waals surface area (Å²) < 4.78 is 71.4. The minimum absolute atomic E-state index is 0.0311. The van der Waals surface area contributed by atoms with Crippen LogP contribution in [-0.4, -0.2) is 9.78 Å². The molecule has 4 nitrogen and oxygen atoms in total. The molecule has 0 spiro atoms. The van der Waals surface area contributed by atoms with Gasteiger partial charge < -0.3 is 10.1 Å². The van der Waals surface area contributed by atoms with Crippen molar-refractivity contribution in [2.75, 3.05) is 5.32 Å². The third-order valence-electron chi connectivity index (χ3n) is 3.98. The molecule has 0 fully saturated rings. The van der Waals surface area contributed by atoms with E-state index in [-0.39, 0.29) is 28.8 Å². The molecule has 0 atom stereocenters. The largest absolute Gasteiger partial charge is 0.454 e. The zero-order chi connectivity index (χ0) is 21.2. The first kappa shape index (κ1) is 20.9. The van der Waals surface area contributed by atoms with Gasteiger partial charge in [0, 0.05) is 25.4 Å². The van der Waals surface area contributed by atoms with E-state index in [1.165, 1.54) is 10.9 Å². The molecule has 0 bridgehead atoms. The molecule has 154 valence electrons. The van der Waals surface area contributed by atoms with Crippen molar-refractivity contribution >= 4 is 17.3 Å². The Bertz CT molecular complexity index is 1000. The van der Waals surface area contributed by atoms with Gasteiger partial charge in [-0.25, -0.2) is 8.78 Å². The number of nitrogens with one attached hydrogen (secondary N) is 1. The maximum absolute atomic E-state index is 13.1. The zero-order valence-corrected chi connectivity index (χ0v) is 15.7. The standard InChI is InChI=1S/C19H15ClF5N3O/c1-28-10-11(17(27-28)18(21)22)9-26-14-4-2-3-5-16(14)29-15-7-6-12(8-13(15)20)19(23,24)25/h2-8,10,18,26H,9H2,1H3. The summed E-state index contributed by atoms with van der Waals surface area (Å²) in [5.41, 5.74) is -0.459. The van der Waals surface area contributed by atoms with Crippen molar-refractivity contribution in [2.24, 2.45) is 7.05 Å². The Hall–Kier alpha value is -2.81. The highest BCUT2D eigenvalue weighted by Gasteiger charge is 2.31. The lowest BCUT2D eigenvalue weighted by atomic mass is 10.2. The average molecular weight is 432 g/mol. The lowest BCUT2D eigenvalue weighted by molar-refractivity contribution is -0.137. The van der Waals surface area contributed by atoms with Crippen molar-refractivity contribution in [3.8, 4) is 11.5 Å². The number of halogens is 6. The highest BCUT2D eigenvalue weighted by molar-refractivity contribution is 6.32. The fraction of sp³-hybridized carbons (Fsp3) is 0.211. The molecule has 29 heavy (non-hydrogen) atoms. The van der Waals surface area contributed by atoms with Gasteiger partial charge in [0.1, 0.15) is 11.4 Å².